The van der Waals surface area contributed by atoms with Crippen molar-refractivity contribution < 1.29 is 9.47 Å². The Balaban J connectivity index is 2.01. The number of ether oxygens (including phenoxy) is 2. The molecular formula is C8H7N3O2. The molecule has 2 rings (SSSR count). The lowest BCUT2D eigenvalue weighted by molar-refractivity contribution is -0.0814. The zero-order chi connectivity index (χ0) is 9.10. The summed E-state index contributed by atoms with van der Waals surface area (Å²) < 4.78 is 10.3. The molecule has 5 nitrogen and oxygen atoms in total. The highest BCUT2D eigenvalue weighted by molar-refractivity contribution is 5.18. The largest absolute Gasteiger partial charge is 0.468 e. The molecule has 0 atom stereocenters. The van der Waals surface area contributed by atoms with Gasteiger partial charge in [0.05, 0.1) is 25.6 Å². The second-order valence-electron chi connectivity index (χ2n) is 2.63. The fourth-order valence-electron chi connectivity index (χ4n) is 0.888. The van der Waals surface area contributed by atoms with Gasteiger partial charge in [0, 0.05) is 0 Å². The SMILES string of the molecule is N#Cc1cnc(OC2COC2)cn1. The van der Waals surface area contributed by atoms with E-state index in [1.165, 1.54) is 12.4 Å². The molecule has 66 valence electrons. The number of hydrogen-bond donors (Lipinski definition) is 0. The molecule has 0 aromatic carbocycles. The van der Waals surface area contributed by atoms with E-state index in [-0.39, 0.29) is 11.8 Å². The maximum absolute atomic E-state index is 8.45. The molecule has 1 fully saturated rings. The average Bonchev–Trinajstić information content (AvgIpc) is 2.12. The molecule has 0 unspecified atom stereocenters. The number of nitrogens with zero attached hydrogens (tertiary/aromatic N) is 3. The van der Waals surface area contributed by atoms with Crippen LogP contribution in [-0.2, 0) is 4.74 Å². The summed E-state index contributed by atoms with van der Waals surface area (Å²) in [7, 11) is 0. The monoisotopic (exact) mass is 177 g/mol. The Morgan fingerprint density at radius 2 is 2.31 bits per heavy atom. The van der Waals surface area contributed by atoms with Crippen molar-refractivity contribution in [3.63, 3.8) is 0 Å². The molecule has 0 N–H and O–H groups in total. The summed E-state index contributed by atoms with van der Waals surface area (Å²) in [4.78, 5) is 7.73. The van der Waals surface area contributed by atoms with Gasteiger partial charge in [-0.25, -0.2) is 9.97 Å². The lowest BCUT2D eigenvalue weighted by atomic mass is 10.3. The summed E-state index contributed by atoms with van der Waals surface area (Å²) in [6.45, 7) is 1.20. The predicted molar refractivity (Wildman–Crippen MR) is 42.0 cm³/mol. The number of hydrogen-bond acceptors (Lipinski definition) is 5. The third kappa shape index (κ3) is 1.73. The number of aromatic nitrogens is 2. The van der Waals surface area contributed by atoms with E-state index in [1.807, 2.05) is 6.07 Å². The topological polar surface area (TPSA) is 68.0 Å². The van der Waals surface area contributed by atoms with E-state index in [9.17, 15) is 0 Å². The van der Waals surface area contributed by atoms with Gasteiger partial charge in [0.15, 0.2) is 5.69 Å². The highest BCUT2D eigenvalue weighted by atomic mass is 16.6. The van der Waals surface area contributed by atoms with E-state index in [0.29, 0.717) is 19.1 Å². The maximum atomic E-state index is 8.45. The Labute approximate surface area is 74.9 Å². The summed E-state index contributed by atoms with van der Waals surface area (Å²) in [5, 5.41) is 8.45. The van der Waals surface area contributed by atoms with E-state index in [1.54, 1.807) is 0 Å². The van der Waals surface area contributed by atoms with Gasteiger partial charge in [-0.1, -0.05) is 0 Å². The van der Waals surface area contributed by atoms with E-state index >= 15 is 0 Å². The van der Waals surface area contributed by atoms with E-state index in [4.69, 9.17) is 14.7 Å². The minimum atomic E-state index is 0.0854. The molecule has 0 bridgehead atoms. The Morgan fingerprint density at radius 1 is 1.46 bits per heavy atom. The summed E-state index contributed by atoms with van der Waals surface area (Å²) in [5.41, 5.74) is 0.289. The van der Waals surface area contributed by atoms with Crippen molar-refractivity contribution in [3.05, 3.63) is 18.1 Å². The van der Waals surface area contributed by atoms with Crippen molar-refractivity contribution in [2.75, 3.05) is 13.2 Å². The Bertz CT molecular complexity index is 326. The van der Waals surface area contributed by atoms with Crippen molar-refractivity contribution >= 4 is 0 Å². The van der Waals surface area contributed by atoms with Crippen LogP contribution in [0.1, 0.15) is 5.69 Å². The molecule has 13 heavy (non-hydrogen) atoms. The van der Waals surface area contributed by atoms with Gasteiger partial charge in [-0.05, 0) is 0 Å². The molecule has 1 saturated heterocycles. The Kier molecular flexibility index (Phi) is 2.06. The molecule has 1 aliphatic rings. The summed E-state index contributed by atoms with van der Waals surface area (Å²) >= 11 is 0. The zero-order valence-corrected chi connectivity index (χ0v) is 6.80. The normalized spacial score (nSPS) is 15.9. The molecule has 5 heteroatoms. The third-order valence-corrected chi connectivity index (χ3v) is 1.64. The van der Waals surface area contributed by atoms with Crippen molar-refractivity contribution in [1.29, 1.82) is 5.26 Å². The van der Waals surface area contributed by atoms with Crippen LogP contribution in [0.2, 0.25) is 0 Å². The minimum absolute atomic E-state index is 0.0854. The van der Waals surface area contributed by atoms with Gasteiger partial charge < -0.3 is 9.47 Å². The number of nitriles is 1. The molecule has 0 saturated carbocycles. The van der Waals surface area contributed by atoms with Crippen molar-refractivity contribution in [3.8, 4) is 11.9 Å². The fraction of sp³-hybridized carbons (Fsp3) is 0.375. The van der Waals surface area contributed by atoms with Crippen LogP contribution >= 0.6 is 0 Å². The summed E-state index contributed by atoms with van der Waals surface area (Å²) in [6, 6.07) is 1.88. The summed E-state index contributed by atoms with van der Waals surface area (Å²) in [5.74, 6) is 0.437. The Morgan fingerprint density at radius 3 is 2.77 bits per heavy atom. The first-order valence-corrected chi connectivity index (χ1v) is 3.85. The van der Waals surface area contributed by atoms with Gasteiger partial charge in [-0.2, -0.15) is 5.26 Å². The standard InChI is InChI=1S/C8H7N3O2/c9-1-6-2-11-8(3-10-6)13-7-4-12-5-7/h2-3,7H,4-5H2. The minimum Gasteiger partial charge on any atom is -0.468 e. The first kappa shape index (κ1) is 7.95. The third-order valence-electron chi connectivity index (χ3n) is 1.64. The van der Waals surface area contributed by atoms with Crippen molar-refractivity contribution in [2.45, 2.75) is 6.10 Å². The van der Waals surface area contributed by atoms with Crippen LogP contribution in [0.25, 0.3) is 0 Å². The first-order chi connectivity index (χ1) is 6.38. The average molecular weight is 177 g/mol. The van der Waals surface area contributed by atoms with Gasteiger partial charge in [0.2, 0.25) is 5.88 Å². The maximum Gasteiger partial charge on any atom is 0.232 e. The van der Waals surface area contributed by atoms with Gasteiger partial charge >= 0.3 is 0 Å². The lowest BCUT2D eigenvalue weighted by Crippen LogP contribution is -2.38. The van der Waals surface area contributed by atoms with Gasteiger partial charge in [0.25, 0.3) is 0 Å². The molecule has 1 aromatic heterocycles. The lowest BCUT2D eigenvalue weighted by Gasteiger charge is -2.25. The zero-order valence-electron chi connectivity index (χ0n) is 6.80. The van der Waals surface area contributed by atoms with Gasteiger partial charge in [-0.15, -0.1) is 0 Å². The number of rotatable bonds is 2. The molecule has 1 aliphatic heterocycles. The van der Waals surface area contributed by atoms with Crippen LogP contribution in [0.3, 0.4) is 0 Å². The quantitative estimate of drug-likeness (QED) is 0.642. The second kappa shape index (κ2) is 3.37. The van der Waals surface area contributed by atoms with Crippen molar-refractivity contribution in [2.24, 2.45) is 0 Å². The molecule has 0 aliphatic carbocycles. The molecule has 2 heterocycles. The van der Waals surface area contributed by atoms with Crippen LogP contribution < -0.4 is 4.74 Å². The van der Waals surface area contributed by atoms with Crippen LogP contribution in [-0.4, -0.2) is 29.3 Å². The predicted octanol–water partition coefficient (Wildman–Crippen LogP) is 0.126. The first-order valence-electron chi connectivity index (χ1n) is 3.85. The smallest absolute Gasteiger partial charge is 0.232 e. The highest BCUT2D eigenvalue weighted by Gasteiger charge is 2.20. The van der Waals surface area contributed by atoms with E-state index in [2.05, 4.69) is 9.97 Å². The van der Waals surface area contributed by atoms with Crippen molar-refractivity contribution in [1.82, 2.24) is 9.97 Å². The van der Waals surface area contributed by atoms with Crippen LogP contribution in [0.5, 0.6) is 5.88 Å². The Hall–Kier alpha value is -1.67. The summed E-state index contributed by atoms with van der Waals surface area (Å²) in [6.07, 6.45) is 2.91. The molecular weight excluding hydrogens is 170 g/mol. The molecule has 0 spiro atoms. The van der Waals surface area contributed by atoms with Crippen LogP contribution in [0.15, 0.2) is 12.4 Å². The fourth-order valence-corrected chi connectivity index (χ4v) is 0.888. The van der Waals surface area contributed by atoms with Crippen LogP contribution in [0.4, 0.5) is 0 Å². The van der Waals surface area contributed by atoms with Gasteiger partial charge in [0.1, 0.15) is 12.2 Å². The molecule has 1 aromatic rings. The van der Waals surface area contributed by atoms with Gasteiger partial charge in [-0.3, -0.25) is 0 Å². The van der Waals surface area contributed by atoms with Crippen LogP contribution in [0, 0.1) is 11.3 Å². The second-order valence-corrected chi connectivity index (χ2v) is 2.63. The highest BCUT2D eigenvalue weighted by Crippen LogP contribution is 2.11. The molecule has 0 radical (unpaired) electrons. The van der Waals surface area contributed by atoms with E-state index < -0.39 is 0 Å². The van der Waals surface area contributed by atoms with E-state index in [0.717, 1.165) is 0 Å². The molecule has 0 amide bonds.